The first kappa shape index (κ1) is 18.6. The number of hydrogen-bond acceptors (Lipinski definition) is 4. The largest absolute Gasteiger partial charge is 0.479 e. The Labute approximate surface area is 134 Å². The number of benzene rings is 1. The number of carboxylic acids is 2. The molecule has 1 rings (SSSR count). The molecule has 23 heavy (non-hydrogen) atoms. The van der Waals surface area contributed by atoms with Gasteiger partial charge in [-0.25, -0.2) is 9.59 Å². The van der Waals surface area contributed by atoms with Crippen molar-refractivity contribution in [1.82, 2.24) is 0 Å². The van der Waals surface area contributed by atoms with Crippen LogP contribution in [0, 0.1) is 0 Å². The van der Waals surface area contributed by atoms with E-state index in [1.54, 1.807) is 45.0 Å². The van der Waals surface area contributed by atoms with E-state index >= 15 is 0 Å². The van der Waals surface area contributed by atoms with Crippen molar-refractivity contribution in [3.05, 3.63) is 29.8 Å². The van der Waals surface area contributed by atoms with Crippen LogP contribution in [0.3, 0.4) is 0 Å². The van der Waals surface area contributed by atoms with Crippen molar-refractivity contribution >= 4 is 23.5 Å². The lowest BCUT2D eigenvalue weighted by molar-refractivity contribution is -0.199. The molecule has 0 atom stereocenters. The molecule has 1 aromatic carbocycles. The van der Waals surface area contributed by atoms with Gasteiger partial charge in [0.1, 0.15) is 0 Å². The summed E-state index contributed by atoms with van der Waals surface area (Å²) in [7, 11) is 0. The van der Waals surface area contributed by atoms with Crippen molar-refractivity contribution in [3.63, 3.8) is 0 Å². The van der Waals surface area contributed by atoms with Gasteiger partial charge in [-0.15, -0.1) is 0 Å². The van der Waals surface area contributed by atoms with Crippen LogP contribution in [-0.2, 0) is 25.5 Å². The van der Waals surface area contributed by atoms with E-state index in [0.29, 0.717) is 11.3 Å². The number of carboxylic acid groups (broad SMARTS) is 2. The summed E-state index contributed by atoms with van der Waals surface area (Å²) >= 11 is 0. The standard InChI is InChI=1S/C16H21NO6/c1-10(18)17-12-7-5-11(6-8-12)9-16(13(19)20,14(21)22)23-15(2,3)4/h5-8H,9H2,1-4H3,(H,17,18)(H,19,20)(H,21,22). The van der Waals surface area contributed by atoms with Crippen LogP contribution in [0.2, 0.25) is 0 Å². The van der Waals surface area contributed by atoms with Crippen LogP contribution in [0.5, 0.6) is 0 Å². The fraction of sp³-hybridized carbons (Fsp3) is 0.438. The zero-order chi connectivity index (χ0) is 17.8. The van der Waals surface area contributed by atoms with Crippen molar-refractivity contribution in [1.29, 1.82) is 0 Å². The van der Waals surface area contributed by atoms with Gasteiger partial charge < -0.3 is 20.3 Å². The minimum Gasteiger partial charge on any atom is -0.479 e. The van der Waals surface area contributed by atoms with E-state index in [-0.39, 0.29) is 12.3 Å². The molecule has 0 aliphatic rings. The highest BCUT2D eigenvalue weighted by Crippen LogP contribution is 2.26. The molecule has 0 aliphatic heterocycles. The van der Waals surface area contributed by atoms with E-state index in [2.05, 4.69) is 5.32 Å². The highest BCUT2D eigenvalue weighted by molar-refractivity contribution is 6.02. The van der Waals surface area contributed by atoms with Gasteiger partial charge in [-0.2, -0.15) is 0 Å². The van der Waals surface area contributed by atoms with Crippen molar-refractivity contribution in [2.24, 2.45) is 0 Å². The minimum absolute atomic E-state index is 0.237. The molecule has 7 heteroatoms. The summed E-state index contributed by atoms with van der Waals surface area (Å²) in [5, 5.41) is 21.4. The highest BCUT2D eigenvalue weighted by atomic mass is 16.6. The number of carbonyl (C=O) groups is 3. The van der Waals surface area contributed by atoms with E-state index in [1.807, 2.05) is 0 Å². The van der Waals surface area contributed by atoms with Crippen LogP contribution in [0.1, 0.15) is 33.3 Å². The van der Waals surface area contributed by atoms with E-state index in [0.717, 1.165) is 0 Å². The average Bonchev–Trinajstić information content (AvgIpc) is 2.37. The summed E-state index contributed by atoms with van der Waals surface area (Å²) in [4.78, 5) is 34.2. The summed E-state index contributed by atoms with van der Waals surface area (Å²) in [6.07, 6.45) is -0.338. The number of aliphatic carboxylic acids is 2. The van der Waals surface area contributed by atoms with Crippen LogP contribution in [0.25, 0.3) is 0 Å². The Morgan fingerprint density at radius 1 is 1.04 bits per heavy atom. The van der Waals surface area contributed by atoms with Gasteiger partial charge in [-0.3, -0.25) is 4.79 Å². The second kappa shape index (κ2) is 6.78. The number of hydrogen-bond donors (Lipinski definition) is 3. The van der Waals surface area contributed by atoms with Crippen LogP contribution in [-0.4, -0.2) is 39.3 Å². The van der Waals surface area contributed by atoms with E-state index in [9.17, 15) is 24.6 Å². The molecule has 0 saturated carbocycles. The first-order chi connectivity index (χ1) is 10.5. The van der Waals surface area contributed by atoms with Crippen molar-refractivity contribution in [2.75, 3.05) is 5.32 Å². The molecule has 0 saturated heterocycles. The number of carbonyl (C=O) groups excluding carboxylic acids is 1. The summed E-state index contributed by atoms with van der Waals surface area (Å²) < 4.78 is 5.38. The molecule has 0 heterocycles. The maximum absolute atomic E-state index is 11.6. The van der Waals surface area contributed by atoms with E-state index in [1.165, 1.54) is 6.92 Å². The quantitative estimate of drug-likeness (QED) is 0.689. The smallest absolute Gasteiger partial charge is 0.348 e. The third-order valence-corrected chi connectivity index (χ3v) is 2.90. The number of ether oxygens (including phenoxy) is 1. The van der Waals surface area contributed by atoms with Gasteiger partial charge >= 0.3 is 11.9 Å². The Morgan fingerprint density at radius 2 is 1.52 bits per heavy atom. The minimum atomic E-state index is -2.38. The van der Waals surface area contributed by atoms with Crippen molar-refractivity contribution in [2.45, 2.75) is 45.3 Å². The Kier molecular flexibility index (Phi) is 5.50. The van der Waals surface area contributed by atoms with E-state index < -0.39 is 23.1 Å². The number of rotatable bonds is 6. The van der Waals surface area contributed by atoms with E-state index in [4.69, 9.17) is 4.74 Å². The Balaban J connectivity index is 3.12. The van der Waals surface area contributed by atoms with Gasteiger partial charge in [0.05, 0.1) is 5.60 Å². The molecular weight excluding hydrogens is 302 g/mol. The number of anilines is 1. The predicted octanol–water partition coefficient (Wildman–Crippen LogP) is 1.91. The molecule has 0 bridgehead atoms. The highest BCUT2D eigenvalue weighted by Gasteiger charge is 2.50. The maximum Gasteiger partial charge on any atom is 0.348 e. The van der Waals surface area contributed by atoms with Crippen LogP contribution < -0.4 is 5.32 Å². The fourth-order valence-electron chi connectivity index (χ4n) is 2.09. The molecule has 1 amide bonds. The number of amides is 1. The van der Waals surface area contributed by atoms with Gasteiger partial charge in [0.2, 0.25) is 5.91 Å². The molecule has 1 aromatic rings. The lowest BCUT2D eigenvalue weighted by atomic mass is 9.93. The molecule has 0 radical (unpaired) electrons. The molecule has 3 N–H and O–H groups in total. The van der Waals surface area contributed by atoms with Gasteiger partial charge in [0, 0.05) is 19.0 Å². The Bertz CT molecular complexity index is 586. The molecule has 0 unspecified atom stereocenters. The predicted molar refractivity (Wildman–Crippen MR) is 83.3 cm³/mol. The monoisotopic (exact) mass is 323 g/mol. The Morgan fingerprint density at radius 3 is 1.87 bits per heavy atom. The summed E-state index contributed by atoms with van der Waals surface area (Å²) in [6.45, 7) is 6.14. The van der Waals surface area contributed by atoms with Crippen molar-refractivity contribution in [3.8, 4) is 0 Å². The average molecular weight is 323 g/mol. The third-order valence-electron chi connectivity index (χ3n) is 2.90. The second-order valence-electron chi connectivity index (χ2n) is 6.21. The van der Waals surface area contributed by atoms with Crippen molar-refractivity contribution < 1.29 is 29.3 Å². The molecular formula is C16H21NO6. The normalized spacial score (nSPS) is 11.8. The van der Waals surface area contributed by atoms with Crippen LogP contribution in [0.4, 0.5) is 5.69 Å². The summed E-state index contributed by atoms with van der Waals surface area (Å²) in [6, 6.07) is 6.25. The molecule has 7 nitrogen and oxygen atoms in total. The van der Waals surface area contributed by atoms with Gasteiger partial charge in [-0.05, 0) is 38.5 Å². The molecule has 0 aromatic heterocycles. The lowest BCUT2D eigenvalue weighted by Crippen LogP contribution is -2.54. The zero-order valence-electron chi connectivity index (χ0n) is 13.5. The first-order valence-electron chi connectivity index (χ1n) is 7.00. The number of nitrogens with one attached hydrogen (secondary N) is 1. The SMILES string of the molecule is CC(=O)Nc1ccc(CC(OC(C)(C)C)(C(=O)O)C(=O)O)cc1. The van der Waals surface area contributed by atoms with Gasteiger partial charge in [0.15, 0.2) is 0 Å². The third kappa shape index (κ3) is 5.07. The molecule has 0 spiro atoms. The Hall–Kier alpha value is -2.41. The second-order valence-corrected chi connectivity index (χ2v) is 6.21. The van der Waals surface area contributed by atoms with Gasteiger partial charge in [0.25, 0.3) is 5.60 Å². The zero-order valence-corrected chi connectivity index (χ0v) is 13.5. The fourth-order valence-corrected chi connectivity index (χ4v) is 2.09. The van der Waals surface area contributed by atoms with Gasteiger partial charge in [-0.1, -0.05) is 12.1 Å². The van der Waals surface area contributed by atoms with Crippen LogP contribution >= 0.6 is 0 Å². The maximum atomic E-state index is 11.6. The van der Waals surface area contributed by atoms with Crippen LogP contribution in [0.15, 0.2) is 24.3 Å². The molecule has 0 aliphatic carbocycles. The molecule has 0 fully saturated rings. The first-order valence-corrected chi connectivity index (χ1v) is 7.00. The topological polar surface area (TPSA) is 113 Å². The summed E-state index contributed by atoms with van der Waals surface area (Å²) in [5.41, 5.74) is -2.33. The lowest BCUT2D eigenvalue weighted by Gasteiger charge is -2.33. The molecule has 126 valence electrons. The summed E-state index contributed by atoms with van der Waals surface area (Å²) in [5.74, 6) is -3.36.